The molecule has 0 radical (unpaired) electrons. The molecule has 2 rings (SSSR count). The van der Waals surface area contributed by atoms with E-state index in [2.05, 4.69) is 5.32 Å². The van der Waals surface area contributed by atoms with Crippen molar-refractivity contribution in [2.45, 2.75) is 25.7 Å². The Morgan fingerprint density at radius 3 is 2.56 bits per heavy atom. The number of hydrogen-bond acceptors (Lipinski definition) is 3. The van der Waals surface area contributed by atoms with Crippen molar-refractivity contribution < 1.29 is 9.53 Å². The quantitative estimate of drug-likeness (QED) is 0.744. The summed E-state index contributed by atoms with van der Waals surface area (Å²) in [5, 5.41) is 3.28. The van der Waals surface area contributed by atoms with Gasteiger partial charge in [0, 0.05) is 26.1 Å². The van der Waals surface area contributed by atoms with Gasteiger partial charge in [-0.15, -0.1) is 12.4 Å². The molecule has 1 heterocycles. The van der Waals surface area contributed by atoms with Gasteiger partial charge in [0.1, 0.15) is 0 Å². The maximum absolute atomic E-state index is 12.1. The molecule has 0 atom stereocenters. The third kappa shape index (κ3) is 5.12. The van der Waals surface area contributed by atoms with E-state index in [0.717, 1.165) is 45.0 Å². The van der Waals surface area contributed by atoms with E-state index in [1.54, 1.807) is 0 Å². The number of rotatable bonds is 6. The summed E-state index contributed by atoms with van der Waals surface area (Å²) in [6.45, 7) is 4.25. The smallest absolute Gasteiger partial charge is 0.225 e. The van der Waals surface area contributed by atoms with Gasteiger partial charge in [-0.2, -0.15) is 0 Å². The number of halogens is 1. The lowest BCUT2D eigenvalue weighted by atomic mass is 9.97. The van der Waals surface area contributed by atoms with E-state index < -0.39 is 0 Å². The fraction of sp³-hybridized carbons (Fsp3) is 0.923. The molecule has 0 spiro atoms. The minimum Gasteiger partial charge on any atom is -0.379 e. The summed E-state index contributed by atoms with van der Waals surface area (Å²) in [7, 11) is 1.89. The summed E-state index contributed by atoms with van der Waals surface area (Å²) in [5.74, 6) is 1.33. The molecule has 0 aromatic heterocycles. The summed E-state index contributed by atoms with van der Waals surface area (Å²) in [5.41, 5.74) is 0. The molecule has 1 N–H and O–H groups in total. The number of likely N-dealkylation sites (N-methyl/N-ethyl adjacent to an activating group) is 1. The van der Waals surface area contributed by atoms with E-state index in [1.807, 2.05) is 11.9 Å². The van der Waals surface area contributed by atoms with Crippen LogP contribution in [0.5, 0.6) is 0 Å². The van der Waals surface area contributed by atoms with Crippen LogP contribution in [0.25, 0.3) is 0 Å². The predicted molar refractivity (Wildman–Crippen MR) is 74.0 cm³/mol. The Morgan fingerprint density at radius 1 is 1.28 bits per heavy atom. The van der Waals surface area contributed by atoms with Gasteiger partial charge in [-0.3, -0.25) is 4.79 Å². The number of ether oxygens (including phenoxy) is 1. The molecule has 1 aliphatic carbocycles. The molecule has 106 valence electrons. The average molecular weight is 277 g/mol. The van der Waals surface area contributed by atoms with Crippen LogP contribution in [-0.2, 0) is 9.53 Å². The van der Waals surface area contributed by atoms with E-state index in [9.17, 15) is 4.79 Å². The lowest BCUT2D eigenvalue weighted by Crippen LogP contribution is -2.40. The molecule has 1 amide bonds. The van der Waals surface area contributed by atoms with Crippen LogP contribution < -0.4 is 5.32 Å². The Kier molecular flexibility index (Phi) is 6.97. The van der Waals surface area contributed by atoms with Crippen LogP contribution in [-0.4, -0.2) is 50.7 Å². The van der Waals surface area contributed by atoms with Gasteiger partial charge in [0.05, 0.1) is 6.61 Å². The first-order chi connectivity index (χ1) is 8.27. The Balaban J connectivity index is 0.00000162. The normalized spacial score (nSPS) is 20.3. The molecule has 0 bridgehead atoms. The van der Waals surface area contributed by atoms with Gasteiger partial charge in [-0.1, -0.05) is 0 Å². The molecular formula is C13H25ClN2O2. The van der Waals surface area contributed by atoms with Crippen molar-refractivity contribution in [3.8, 4) is 0 Å². The Bertz CT molecular complexity index is 253. The van der Waals surface area contributed by atoms with Gasteiger partial charge >= 0.3 is 0 Å². The summed E-state index contributed by atoms with van der Waals surface area (Å²) in [6.07, 6.45) is 4.60. The second-order valence-electron chi connectivity index (χ2n) is 5.30. The lowest BCUT2D eigenvalue weighted by molar-refractivity contribution is -0.135. The molecule has 18 heavy (non-hydrogen) atoms. The van der Waals surface area contributed by atoms with E-state index in [0.29, 0.717) is 12.5 Å². The number of hydrogen-bond donors (Lipinski definition) is 1. The van der Waals surface area contributed by atoms with E-state index in [-0.39, 0.29) is 18.3 Å². The van der Waals surface area contributed by atoms with Gasteiger partial charge < -0.3 is 15.0 Å². The zero-order chi connectivity index (χ0) is 12.1. The second-order valence-corrected chi connectivity index (χ2v) is 5.30. The highest BCUT2D eigenvalue weighted by Gasteiger charge is 2.24. The van der Waals surface area contributed by atoms with Gasteiger partial charge in [0.2, 0.25) is 5.91 Å². The molecule has 4 nitrogen and oxygen atoms in total. The number of carbonyl (C=O) groups is 1. The van der Waals surface area contributed by atoms with Crippen LogP contribution >= 0.6 is 12.4 Å². The van der Waals surface area contributed by atoms with Gasteiger partial charge in [-0.25, -0.2) is 0 Å². The van der Waals surface area contributed by atoms with Crippen LogP contribution in [0.3, 0.4) is 0 Å². The van der Waals surface area contributed by atoms with Crippen molar-refractivity contribution in [1.82, 2.24) is 10.2 Å². The summed E-state index contributed by atoms with van der Waals surface area (Å²) >= 11 is 0. The van der Waals surface area contributed by atoms with Crippen LogP contribution in [0.1, 0.15) is 25.7 Å². The van der Waals surface area contributed by atoms with Crippen molar-refractivity contribution in [1.29, 1.82) is 0 Å². The molecule has 1 aliphatic heterocycles. The summed E-state index contributed by atoms with van der Waals surface area (Å²) in [4.78, 5) is 13.9. The third-order valence-corrected chi connectivity index (χ3v) is 3.69. The number of carbonyl (C=O) groups excluding carboxylic acids is 1. The first kappa shape index (κ1) is 15.7. The highest BCUT2D eigenvalue weighted by Crippen LogP contribution is 2.28. The van der Waals surface area contributed by atoms with E-state index in [1.165, 1.54) is 12.8 Å². The van der Waals surface area contributed by atoms with Crippen LogP contribution in [0.4, 0.5) is 0 Å². The standard InChI is InChI=1S/C13H24N2O2.ClH/c1-15(8-9-17-10-11-2-3-11)13(16)12-4-6-14-7-5-12;/h11-12,14H,2-10H2,1H3;1H. The van der Waals surface area contributed by atoms with Crippen LogP contribution in [0.2, 0.25) is 0 Å². The zero-order valence-corrected chi connectivity index (χ0v) is 12.0. The maximum atomic E-state index is 12.1. The first-order valence-electron chi connectivity index (χ1n) is 6.81. The maximum Gasteiger partial charge on any atom is 0.225 e. The molecule has 0 aromatic rings. The molecular weight excluding hydrogens is 252 g/mol. The topological polar surface area (TPSA) is 41.6 Å². The highest BCUT2D eigenvalue weighted by atomic mass is 35.5. The molecule has 1 saturated carbocycles. The molecule has 0 aromatic carbocycles. The zero-order valence-electron chi connectivity index (χ0n) is 11.2. The predicted octanol–water partition coefficient (Wildman–Crippen LogP) is 1.29. The number of nitrogens with one attached hydrogen (secondary N) is 1. The SMILES string of the molecule is CN(CCOCC1CC1)C(=O)C1CCNCC1.Cl. The molecule has 0 unspecified atom stereocenters. The number of piperidine rings is 1. The molecule has 2 aliphatic rings. The monoisotopic (exact) mass is 276 g/mol. The van der Waals surface area contributed by atoms with Crippen molar-refractivity contribution >= 4 is 18.3 Å². The van der Waals surface area contributed by atoms with E-state index >= 15 is 0 Å². The summed E-state index contributed by atoms with van der Waals surface area (Å²) < 4.78 is 5.56. The van der Waals surface area contributed by atoms with Crippen molar-refractivity contribution in [2.24, 2.45) is 11.8 Å². The fourth-order valence-electron chi connectivity index (χ4n) is 2.23. The van der Waals surface area contributed by atoms with Crippen LogP contribution in [0.15, 0.2) is 0 Å². The van der Waals surface area contributed by atoms with Crippen molar-refractivity contribution in [2.75, 3.05) is 39.9 Å². The van der Waals surface area contributed by atoms with Crippen molar-refractivity contribution in [3.05, 3.63) is 0 Å². The largest absolute Gasteiger partial charge is 0.379 e. The number of amides is 1. The Labute approximate surface area is 116 Å². The first-order valence-corrected chi connectivity index (χ1v) is 6.81. The second kappa shape index (κ2) is 7.97. The van der Waals surface area contributed by atoms with Crippen molar-refractivity contribution in [3.63, 3.8) is 0 Å². The molecule has 2 fully saturated rings. The summed E-state index contributed by atoms with van der Waals surface area (Å²) in [6, 6.07) is 0. The lowest BCUT2D eigenvalue weighted by Gasteiger charge is -2.26. The minimum atomic E-state index is 0. The fourth-order valence-corrected chi connectivity index (χ4v) is 2.23. The van der Waals surface area contributed by atoms with E-state index in [4.69, 9.17) is 4.74 Å². The minimum absolute atomic E-state index is 0. The van der Waals surface area contributed by atoms with Gasteiger partial charge in [0.15, 0.2) is 0 Å². The average Bonchev–Trinajstić information content (AvgIpc) is 3.18. The van der Waals surface area contributed by atoms with Gasteiger partial charge in [0.25, 0.3) is 0 Å². The third-order valence-electron chi connectivity index (χ3n) is 3.69. The Hall–Kier alpha value is -0.320. The van der Waals surface area contributed by atoms with Gasteiger partial charge in [-0.05, 0) is 44.7 Å². The molecule has 1 saturated heterocycles. The Morgan fingerprint density at radius 2 is 1.94 bits per heavy atom. The van der Waals surface area contributed by atoms with Crippen LogP contribution in [0, 0.1) is 11.8 Å². The highest BCUT2D eigenvalue weighted by molar-refractivity contribution is 5.85. The number of nitrogens with zero attached hydrogens (tertiary/aromatic N) is 1. The molecule has 5 heteroatoms.